The molecule has 2 aromatic heterocycles. The molecule has 0 spiro atoms. The van der Waals surface area contributed by atoms with Gasteiger partial charge in [0.1, 0.15) is 5.75 Å². The topological polar surface area (TPSA) is 43.1 Å². The van der Waals surface area contributed by atoms with E-state index in [2.05, 4.69) is 6.92 Å². The lowest BCUT2D eigenvalue weighted by molar-refractivity contribution is -0.167. The Morgan fingerprint density at radius 1 is 1.39 bits per heavy atom. The zero-order chi connectivity index (χ0) is 12.8. The number of ether oxygens (including phenoxy) is 2. The molecular formula is C14H17NO3. The van der Waals surface area contributed by atoms with Gasteiger partial charge in [-0.3, -0.25) is 0 Å². The first-order valence-electron chi connectivity index (χ1n) is 6.25. The first-order chi connectivity index (χ1) is 8.66. The van der Waals surface area contributed by atoms with Gasteiger partial charge in [-0.2, -0.15) is 0 Å². The second kappa shape index (κ2) is 4.00. The second-order valence-electron chi connectivity index (χ2n) is 4.65. The maximum Gasteiger partial charge on any atom is 0.195 e. The van der Waals surface area contributed by atoms with Crippen LogP contribution in [0.2, 0.25) is 0 Å². The van der Waals surface area contributed by atoms with Crippen LogP contribution in [0.25, 0.3) is 5.52 Å². The van der Waals surface area contributed by atoms with Crippen molar-refractivity contribution >= 4 is 5.52 Å². The molecule has 0 bridgehead atoms. The van der Waals surface area contributed by atoms with Crippen molar-refractivity contribution in [2.75, 3.05) is 13.2 Å². The molecule has 3 rings (SSSR count). The van der Waals surface area contributed by atoms with Crippen molar-refractivity contribution in [1.82, 2.24) is 4.40 Å². The Kier molecular flexibility index (Phi) is 2.57. The van der Waals surface area contributed by atoms with Crippen molar-refractivity contribution in [3.63, 3.8) is 0 Å². The van der Waals surface area contributed by atoms with Gasteiger partial charge in [0.15, 0.2) is 5.79 Å². The van der Waals surface area contributed by atoms with Crippen molar-refractivity contribution in [3.8, 4) is 5.75 Å². The predicted molar refractivity (Wildman–Crippen MR) is 67.7 cm³/mol. The monoisotopic (exact) mass is 247 g/mol. The largest absolute Gasteiger partial charge is 0.506 e. The molecule has 4 heteroatoms. The quantitative estimate of drug-likeness (QED) is 0.887. The number of aromatic nitrogens is 1. The van der Waals surface area contributed by atoms with Gasteiger partial charge in [-0.25, -0.2) is 0 Å². The van der Waals surface area contributed by atoms with Crippen LogP contribution in [-0.4, -0.2) is 22.7 Å². The summed E-state index contributed by atoms with van der Waals surface area (Å²) in [7, 11) is 0. The number of nitrogens with zero attached hydrogens (tertiary/aromatic N) is 1. The Bertz CT molecular complexity index is 582. The zero-order valence-electron chi connectivity index (χ0n) is 10.6. The summed E-state index contributed by atoms with van der Waals surface area (Å²) < 4.78 is 13.5. The van der Waals surface area contributed by atoms with E-state index in [-0.39, 0.29) is 5.75 Å². The highest BCUT2D eigenvalue weighted by Crippen LogP contribution is 2.38. The van der Waals surface area contributed by atoms with Crippen LogP contribution in [0, 0.1) is 6.92 Å². The Labute approximate surface area is 106 Å². The highest BCUT2D eigenvalue weighted by atomic mass is 16.7. The van der Waals surface area contributed by atoms with Crippen LogP contribution < -0.4 is 0 Å². The Balaban J connectivity index is 2.19. The molecule has 0 aromatic carbocycles. The van der Waals surface area contributed by atoms with Gasteiger partial charge >= 0.3 is 0 Å². The smallest absolute Gasteiger partial charge is 0.195 e. The maximum absolute atomic E-state index is 9.57. The van der Waals surface area contributed by atoms with Crippen LogP contribution in [0.15, 0.2) is 24.5 Å². The van der Waals surface area contributed by atoms with Crippen LogP contribution in [0.5, 0.6) is 5.75 Å². The van der Waals surface area contributed by atoms with Crippen molar-refractivity contribution in [1.29, 1.82) is 0 Å². The standard InChI is InChI=1S/C14H17NO3/c1-3-14(17-6-7-18-14)12-4-5-15-9-11(16)8-13(15)10(12)2/h4-5,8-9,16H,3,6-7H2,1-2H3. The molecular weight excluding hydrogens is 230 g/mol. The summed E-state index contributed by atoms with van der Waals surface area (Å²) in [4.78, 5) is 0. The molecule has 1 aliphatic rings. The highest BCUT2D eigenvalue weighted by Gasteiger charge is 2.38. The van der Waals surface area contributed by atoms with E-state index in [1.807, 2.05) is 23.6 Å². The van der Waals surface area contributed by atoms with Crippen molar-refractivity contribution in [2.45, 2.75) is 26.1 Å². The molecule has 1 saturated heterocycles. The minimum Gasteiger partial charge on any atom is -0.506 e. The van der Waals surface area contributed by atoms with E-state index in [0.717, 1.165) is 23.1 Å². The van der Waals surface area contributed by atoms with Gasteiger partial charge in [-0.05, 0) is 18.6 Å². The number of hydrogen-bond donors (Lipinski definition) is 1. The summed E-state index contributed by atoms with van der Waals surface area (Å²) in [6.45, 7) is 5.35. The average Bonchev–Trinajstić information content (AvgIpc) is 2.96. The zero-order valence-corrected chi connectivity index (χ0v) is 10.6. The lowest BCUT2D eigenvalue weighted by atomic mass is 9.98. The van der Waals surface area contributed by atoms with Crippen LogP contribution in [0.3, 0.4) is 0 Å². The van der Waals surface area contributed by atoms with E-state index in [1.54, 1.807) is 12.3 Å². The normalized spacial score (nSPS) is 18.6. The molecule has 18 heavy (non-hydrogen) atoms. The number of hydrogen-bond acceptors (Lipinski definition) is 3. The number of pyridine rings is 1. The SMILES string of the molecule is CCC1(c2ccn3cc(O)cc3c2C)OCCO1. The van der Waals surface area contributed by atoms with E-state index >= 15 is 0 Å². The fourth-order valence-electron chi connectivity index (χ4n) is 2.72. The predicted octanol–water partition coefficient (Wildman–Crippen LogP) is 2.56. The Morgan fingerprint density at radius 2 is 2.11 bits per heavy atom. The summed E-state index contributed by atoms with van der Waals surface area (Å²) in [5.74, 6) is -0.347. The molecule has 96 valence electrons. The fourth-order valence-corrected chi connectivity index (χ4v) is 2.72. The number of fused-ring (bicyclic) bond motifs is 1. The van der Waals surface area contributed by atoms with Crippen molar-refractivity contribution < 1.29 is 14.6 Å². The van der Waals surface area contributed by atoms with Crippen LogP contribution in [0.1, 0.15) is 24.5 Å². The minimum atomic E-state index is -0.619. The molecule has 3 heterocycles. The van der Waals surface area contributed by atoms with Gasteiger partial charge in [0, 0.05) is 24.2 Å². The van der Waals surface area contributed by atoms with Crippen LogP contribution >= 0.6 is 0 Å². The molecule has 0 unspecified atom stereocenters. The van der Waals surface area contributed by atoms with Crippen LogP contribution in [0.4, 0.5) is 0 Å². The molecule has 0 radical (unpaired) electrons. The van der Waals surface area contributed by atoms with Gasteiger partial charge < -0.3 is 19.0 Å². The summed E-state index contributed by atoms with van der Waals surface area (Å²) in [6.07, 6.45) is 4.40. The van der Waals surface area contributed by atoms with Crippen molar-refractivity contribution in [3.05, 3.63) is 35.7 Å². The first-order valence-corrected chi connectivity index (χ1v) is 6.25. The van der Waals surface area contributed by atoms with E-state index < -0.39 is 5.79 Å². The molecule has 1 fully saturated rings. The number of rotatable bonds is 2. The molecule has 0 aliphatic carbocycles. The molecule has 0 amide bonds. The van der Waals surface area contributed by atoms with Gasteiger partial charge in [-0.15, -0.1) is 0 Å². The fraction of sp³-hybridized carbons (Fsp3) is 0.429. The van der Waals surface area contributed by atoms with E-state index in [9.17, 15) is 5.11 Å². The maximum atomic E-state index is 9.57. The van der Waals surface area contributed by atoms with Gasteiger partial charge in [-0.1, -0.05) is 6.92 Å². The van der Waals surface area contributed by atoms with E-state index in [1.165, 1.54) is 0 Å². The van der Waals surface area contributed by atoms with Crippen molar-refractivity contribution in [2.24, 2.45) is 0 Å². The van der Waals surface area contributed by atoms with Gasteiger partial charge in [0.2, 0.25) is 0 Å². The molecule has 1 N–H and O–H groups in total. The molecule has 0 saturated carbocycles. The number of aromatic hydroxyl groups is 1. The third-order valence-corrected chi connectivity index (χ3v) is 3.65. The first kappa shape index (κ1) is 11.6. The Hall–Kier alpha value is -1.52. The molecule has 4 nitrogen and oxygen atoms in total. The number of aryl methyl sites for hydroxylation is 1. The Morgan fingerprint density at radius 3 is 2.78 bits per heavy atom. The van der Waals surface area contributed by atoms with Crippen LogP contribution in [-0.2, 0) is 15.3 Å². The lowest BCUT2D eigenvalue weighted by Crippen LogP contribution is -2.27. The van der Waals surface area contributed by atoms with E-state index in [0.29, 0.717) is 13.2 Å². The molecule has 1 aliphatic heterocycles. The summed E-state index contributed by atoms with van der Waals surface area (Å²) in [5, 5.41) is 9.57. The molecule has 2 aromatic rings. The third-order valence-electron chi connectivity index (χ3n) is 3.65. The van der Waals surface area contributed by atoms with Gasteiger partial charge in [0.05, 0.1) is 24.9 Å². The highest BCUT2D eigenvalue weighted by molar-refractivity contribution is 5.61. The second-order valence-corrected chi connectivity index (χ2v) is 4.65. The van der Waals surface area contributed by atoms with Gasteiger partial charge in [0.25, 0.3) is 0 Å². The summed E-state index contributed by atoms with van der Waals surface area (Å²) >= 11 is 0. The molecule has 0 atom stereocenters. The van der Waals surface area contributed by atoms with E-state index in [4.69, 9.17) is 9.47 Å². The summed E-state index contributed by atoms with van der Waals surface area (Å²) in [6, 6.07) is 3.77. The minimum absolute atomic E-state index is 0.272. The average molecular weight is 247 g/mol. The summed E-state index contributed by atoms with van der Waals surface area (Å²) in [5.41, 5.74) is 3.12. The lowest BCUT2D eigenvalue weighted by Gasteiger charge is -2.28. The third kappa shape index (κ3) is 1.53.